The third-order valence-corrected chi connectivity index (χ3v) is 5.39. The van der Waals surface area contributed by atoms with E-state index in [-0.39, 0.29) is 6.23 Å². The van der Waals surface area contributed by atoms with Gasteiger partial charge in [0.1, 0.15) is 0 Å². The molecule has 4 nitrogen and oxygen atoms in total. The summed E-state index contributed by atoms with van der Waals surface area (Å²) in [7, 11) is 0. The Balaban J connectivity index is 0.000000815. The summed E-state index contributed by atoms with van der Waals surface area (Å²) in [4.78, 5) is 1.26. The van der Waals surface area contributed by atoms with E-state index in [2.05, 4.69) is 52.7 Å². The van der Waals surface area contributed by atoms with Gasteiger partial charge in [-0.05, 0) is 38.4 Å². The highest BCUT2D eigenvalue weighted by atomic mass is 32.1. The van der Waals surface area contributed by atoms with Crippen molar-refractivity contribution in [1.29, 1.82) is 0 Å². The fourth-order valence-electron chi connectivity index (χ4n) is 3.06. The topological polar surface area (TPSA) is 45.3 Å². The summed E-state index contributed by atoms with van der Waals surface area (Å²) >= 11 is 1.77. The van der Waals surface area contributed by atoms with Crippen LogP contribution in [0.15, 0.2) is 29.6 Å². The van der Waals surface area contributed by atoms with Crippen molar-refractivity contribution >= 4 is 17.0 Å². The predicted octanol–water partition coefficient (Wildman–Crippen LogP) is 4.45. The first-order valence-electron chi connectivity index (χ1n) is 8.87. The second-order valence-electron chi connectivity index (χ2n) is 5.99. The molecule has 0 radical (unpaired) electrons. The molecular weight excluding hydrogens is 318 g/mol. The summed E-state index contributed by atoms with van der Waals surface area (Å²) in [6.07, 6.45) is 2.49. The minimum Gasteiger partial charge on any atom is -0.353 e. The molecule has 3 N–H and O–H groups in total. The lowest BCUT2D eigenvalue weighted by Gasteiger charge is -2.25. The molecule has 130 valence electrons. The summed E-state index contributed by atoms with van der Waals surface area (Å²) in [5.74, 6) is 0. The standard InChI is InChI=1S/C17H21N3OS.C2H6/c1-11-2-4-12(5-3-11)14-10-22-16-15(14)19-20-17(16)21-13-6-8-18-9-7-13;1-2/h2-5,10,13,17-20H,6-9H2,1H3;1-2H3. The second kappa shape index (κ2) is 8.12. The Kier molecular flexibility index (Phi) is 5.89. The number of hydrogen-bond donors (Lipinski definition) is 3. The number of fused-ring (bicyclic) bond motifs is 1. The number of anilines is 1. The van der Waals surface area contributed by atoms with Crippen molar-refractivity contribution in [3.63, 3.8) is 0 Å². The second-order valence-corrected chi connectivity index (χ2v) is 6.90. The first kappa shape index (κ1) is 17.4. The van der Waals surface area contributed by atoms with Gasteiger partial charge in [0.2, 0.25) is 0 Å². The molecule has 1 atom stereocenters. The molecule has 0 bridgehead atoms. The fourth-order valence-corrected chi connectivity index (χ4v) is 4.08. The van der Waals surface area contributed by atoms with Gasteiger partial charge in [0.15, 0.2) is 6.23 Å². The van der Waals surface area contributed by atoms with Gasteiger partial charge in [-0.1, -0.05) is 43.7 Å². The molecule has 0 spiro atoms. The molecule has 24 heavy (non-hydrogen) atoms. The quantitative estimate of drug-likeness (QED) is 0.769. The van der Waals surface area contributed by atoms with Crippen molar-refractivity contribution in [2.45, 2.75) is 45.9 Å². The van der Waals surface area contributed by atoms with Gasteiger partial charge in [-0.15, -0.1) is 11.3 Å². The molecule has 1 aromatic heterocycles. The molecule has 0 saturated carbocycles. The predicted molar refractivity (Wildman–Crippen MR) is 102 cm³/mol. The molecule has 1 fully saturated rings. The highest BCUT2D eigenvalue weighted by molar-refractivity contribution is 7.11. The van der Waals surface area contributed by atoms with Gasteiger partial charge in [0.05, 0.1) is 16.7 Å². The molecule has 1 saturated heterocycles. The Bertz CT molecular complexity index is 647. The maximum Gasteiger partial charge on any atom is 0.162 e. The van der Waals surface area contributed by atoms with Crippen molar-refractivity contribution in [2.75, 3.05) is 18.5 Å². The molecule has 5 heteroatoms. The minimum atomic E-state index is -0.0256. The lowest BCUT2D eigenvalue weighted by Crippen LogP contribution is -2.35. The Labute approximate surface area is 148 Å². The largest absolute Gasteiger partial charge is 0.353 e. The average molecular weight is 346 g/mol. The smallest absolute Gasteiger partial charge is 0.162 e. The van der Waals surface area contributed by atoms with E-state index in [9.17, 15) is 0 Å². The molecule has 0 amide bonds. The van der Waals surface area contributed by atoms with Crippen LogP contribution in [0.3, 0.4) is 0 Å². The average Bonchev–Trinajstić information content (AvgIpc) is 3.22. The van der Waals surface area contributed by atoms with Crippen LogP contribution < -0.4 is 16.2 Å². The Morgan fingerprint density at radius 2 is 1.79 bits per heavy atom. The number of nitrogens with one attached hydrogen (secondary N) is 3. The number of ether oxygens (including phenoxy) is 1. The molecule has 4 rings (SSSR count). The molecule has 2 aliphatic heterocycles. The normalized spacial score (nSPS) is 20.0. The summed E-state index contributed by atoms with van der Waals surface area (Å²) in [6, 6.07) is 8.68. The molecule has 1 aromatic carbocycles. The highest BCUT2D eigenvalue weighted by Crippen LogP contribution is 2.43. The number of piperidine rings is 1. The zero-order valence-electron chi connectivity index (χ0n) is 14.7. The van der Waals surface area contributed by atoms with E-state index in [0.29, 0.717) is 6.10 Å². The van der Waals surface area contributed by atoms with Crippen molar-refractivity contribution < 1.29 is 4.74 Å². The van der Waals surface area contributed by atoms with Crippen LogP contribution in [-0.4, -0.2) is 19.2 Å². The van der Waals surface area contributed by atoms with Gasteiger partial charge >= 0.3 is 0 Å². The Morgan fingerprint density at radius 3 is 2.50 bits per heavy atom. The van der Waals surface area contributed by atoms with Crippen molar-refractivity contribution in [3.05, 3.63) is 40.1 Å². The number of aryl methyl sites for hydroxylation is 1. The van der Waals surface area contributed by atoms with Crippen molar-refractivity contribution in [2.24, 2.45) is 0 Å². The summed E-state index contributed by atoms with van der Waals surface area (Å²) in [5.41, 5.74) is 11.6. The maximum atomic E-state index is 6.24. The van der Waals surface area contributed by atoms with E-state index in [0.717, 1.165) is 25.9 Å². The number of benzene rings is 1. The number of thiophene rings is 1. The Hall–Kier alpha value is -1.40. The minimum absolute atomic E-state index is 0.0256. The monoisotopic (exact) mass is 345 g/mol. The van der Waals surface area contributed by atoms with Gasteiger partial charge in [-0.25, -0.2) is 5.43 Å². The van der Waals surface area contributed by atoms with Gasteiger partial charge in [0, 0.05) is 10.9 Å². The zero-order valence-corrected chi connectivity index (χ0v) is 15.5. The van der Waals surface area contributed by atoms with Crippen LogP contribution in [-0.2, 0) is 4.74 Å². The van der Waals surface area contributed by atoms with E-state index < -0.39 is 0 Å². The molecule has 2 aromatic rings. The molecule has 0 aliphatic carbocycles. The van der Waals surface area contributed by atoms with Crippen LogP contribution in [0.2, 0.25) is 0 Å². The lowest BCUT2D eigenvalue weighted by atomic mass is 10.1. The van der Waals surface area contributed by atoms with Crippen molar-refractivity contribution in [3.8, 4) is 11.1 Å². The summed E-state index contributed by atoms with van der Waals surface area (Å²) in [6.45, 7) is 8.22. The fraction of sp³-hybridized carbons (Fsp3) is 0.474. The van der Waals surface area contributed by atoms with E-state index in [1.165, 1.54) is 27.3 Å². The SMILES string of the molecule is CC.Cc1ccc(-c2csc3c2NNC3OC2CCNCC2)cc1. The van der Waals surface area contributed by atoms with Crippen LogP contribution in [0.4, 0.5) is 5.69 Å². The van der Waals surface area contributed by atoms with Gasteiger partial charge in [-0.2, -0.15) is 0 Å². The molecule has 1 unspecified atom stereocenters. The number of hydrazine groups is 1. The molecule has 3 heterocycles. The van der Waals surface area contributed by atoms with Crippen LogP contribution >= 0.6 is 11.3 Å². The van der Waals surface area contributed by atoms with Crippen LogP contribution in [0.25, 0.3) is 11.1 Å². The van der Waals surface area contributed by atoms with Gasteiger partial charge < -0.3 is 15.5 Å². The third kappa shape index (κ3) is 3.64. The maximum absolute atomic E-state index is 6.24. The van der Waals surface area contributed by atoms with E-state index in [1.54, 1.807) is 11.3 Å². The zero-order chi connectivity index (χ0) is 16.9. The van der Waals surface area contributed by atoms with Gasteiger partial charge in [-0.3, -0.25) is 0 Å². The summed E-state index contributed by atoms with van der Waals surface area (Å²) < 4.78 is 6.24. The third-order valence-electron chi connectivity index (χ3n) is 4.36. The van der Waals surface area contributed by atoms with Crippen LogP contribution in [0.1, 0.15) is 43.4 Å². The highest BCUT2D eigenvalue weighted by Gasteiger charge is 2.30. The number of rotatable bonds is 3. The van der Waals surface area contributed by atoms with Crippen molar-refractivity contribution in [1.82, 2.24) is 10.7 Å². The first-order chi connectivity index (χ1) is 11.8. The van der Waals surface area contributed by atoms with E-state index in [1.807, 2.05) is 13.8 Å². The van der Waals surface area contributed by atoms with Crippen LogP contribution in [0.5, 0.6) is 0 Å². The molecule has 2 aliphatic rings. The first-order valence-corrected chi connectivity index (χ1v) is 9.75. The summed E-state index contributed by atoms with van der Waals surface area (Å²) in [5, 5.41) is 5.60. The van der Waals surface area contributed by atoms with E-state index in [4.69, 9.17) is 4.74 Å². The van der Waals surface area contributed by atoms with E-state index >= 15 is 0 Å². The van der Waals surface area contributed by atoms with Crippen LogP contribution in [0, 0.1) is 6.92 Å². The number of hydrogen-bond acceptors (Lipinski definition) is 5. The molecular formula is C19H27N3OS. The Morgan fingerprint density at radius 1 is 1.08 bits per heavy atom. The van der Waals surface area contributed by atoms with Gasteiger partial charge in [0.25, 0.3) is 0 Å². The lowest BCUT2D eigenvalue weighted by molar-refractivity contribution is -0.0354.